The summed E-state index contributed by atoms with van der Waals surface area (Å²) in [6.45, 7) is 7.40. The Morgan fingerprint density at radius 3 is 1.90 bits per heavy atom. The summed E-state index contributed by atoms with van der Waals surface area (Å²) in [5.41, 5.74) is 9.25. The molecule has 2 heterocycles. The Morgan fingerprint density at radius 1 is 0.686 bits per heavy atom. The van der Waals surface area contributed by atoms with Gasteiger partial charge in [0, 0.05) is 91.0 Å². The van der Waals surface area contributed by atoms with Gasteiger partial charge in [-0.25, -0.2) is 4.79 Å². The van der Waals surface area contributed by atoms with E-state index in [2.05, 4.69) is 100 Å². The molecule has 7 heteroatoms. The van der Waals surface area contributed by atoms with Crippen LogP contribution in [0.3, 0.4) is 0 Å². The molecule has 51 heavy (non-hydrogen) atoms. The van der Waals surface area contributed by atoms with Crippen LogP contribution in [0, 0.1) is 6.92 Å². The van der Waals surface area contributed by atoms with E-state index >= 15 is 0 Å². The minimum absolute atomic E-state index is 0.0375. The van der Waals surface area contributed by atoms with E-state index in [1.165, 1.54) is 6.07 Å². The average Bonchev–Trinajstić information content (AvgIpc) is 3.18. The van der Waals surface area contributed by atoms with Crippen LogP contribution in [0.5, 0.6) is 0 Å². The number of benzene rings is 5. The molecule has 7 nitrogen and oxygen atoms in total. The van der Waals surface area contributed by atoms with Gasteiger partial charge in [0.1, 0.15) is 5.58 Å². The highest BCUT2D eigenvalue weighted by molar-refractivity contribution is 6.04. The Balaban J connectivity index is 1.18. The van der Waals surface area contributed by atoms with Gasteiger partial charge in [-0.05, 0) is 61.9 Å². The van der Waals surface area contributed by atoms with Gasteiger partial charge in [0.15, 0.2) is 0 Å². The number of rotatable bonds is 10. The van der Waals surface area contributed by atoms with Crippen LogP contribution in [0.25, 0.3) is 22.4 Å². The average molecular weight is 675 g/mol. The third-order valence-electron chi connectivity index (χ3n) is 9.61. The maximum absolute atomic E-state index is 14.0. The van der Waals surface area contributed by atoms with Crippen LogP contribution in [0.2, 0.25) is 0 Å². The molecule has 1 amide bonds. The summed E-state index contributed by atoms with van der Waals surface area (Å²) in [4.78, 5) is 34.7. The summed E-state index contributed by atoms with van der Waals surface area (Å²) in [6.07, 6.45) is 0. The fourth-order valence-corrected chi connectivity index (χ4v) is 6.96. The largest absolute Gasteiger partial charge is 0.423 e. The first-order valence-electron chi connectivity index (χ1n) is 17.5. The molecular weight excluding hydrogens is 633 g/mol. The number of carbonyl (C=O) groups is 1. The third kappa shape index (κ3) is 7.01. The van der Waals surface area contributed by atoms with Crippen LogP contribution in [-0.2, 0) is 0 Å². The molecule has 0 saturated heterocycles. The van der Waals surface area contributed by atoms with Gasteiger partial charge in [0.25, 0.3) is 5.91 Å². The minimum Gasteiger partial charge on any atom is -0.423 e. The van der Waals surface area contributed by atoms with Crippen molar-refractivity contribution in [3.63, 3.8) is 0 Å². The van der Waals surface area contributed by atoms with Crippen LogP contribution in [-0.4, -0.2) is 50.6 Å². The number of carbonyl (C=O) groups excluding carboxylic acids is 1. The van der Waals surface area contributed by atoms with Crippen LogP contribution >= 0.6 is 0 Å². The van der Waals surface area contributed by atoms with Crippen molar-refractivity contribution in [3.8, 4) is 0 Å². The highest BCUT2D eigenvalue weighted by Crippen LogP contribution is 2.40. The molecule has 0 bridgehead atoms. The zero-order valence-electron chi connectivity index (χ0n) is 29.3. The molecule has 1 aromatic heterocycles. The molecule has 0 saturated carbocycles. The lowest BCUT2D eigenvalue weighted by atomic mass is 9.98. The van der Waals surface area contributed by atoms with Gasteiger partial charge in [-0.15, -0.1) is 0 Å². The predicted octanol–water partition coefficient (Wildman–Crippen LogP) is 8.55. The second-order valence-corrected chi connectivity index (χ2v) is 12.9. The van der Waals surface area contributed by atoms with E-state index in [4.69, 9.17) is 4.42 Å². The quantitative estimate of drug-likeness (QED) is 0.136. The standard InChI is InChI=1S/C44H42N4O3/c1-4-46(37-23-24-39-32(2)29-41(49)51-40(39)31-37)26-25-45(3)44(50)35-19-14-22-38(30-35)48-28-27-47(36-20-12-7-13-21-36)42(33-15-8-5-9-16-33)43(48)34-17-10-6-11-18-34/h5-24,29-31H,4,25-28H2,1-3H3. The summed E-state index contributed by atoms with van der Waals surface area (Å²) in [5.74, 6) is -0.0375. The first-order chi connectivity index (χ1) is 24.9. The van der Waals surface area contributed by atoms with Crippen molar-refractivity contribution < 1.29 is 9.21 Å². The summed E-state index contributed by atoms with van der Waals surface area (Å²) >= 11 is 0. The van der Waals surface area contributed by atoms with Gasteiger partial charge in [-0.3, -0.25) is 4.79 Å². The Labute approximate surface area is 299 Å². The number of fused-ring (bicyclic) bond motifs is 1. The van der Waals surface area contributed by atoms with E-state index < -0.39 is 0 Å². The Hall–Kier alpha value is -6.08. The molecule has 1 aliphatic rings. The van der Waals surface area contributed by atoms with Gasteiger partial charge >= 0.3 is 5.63 Å². The van der Waals surface area contributed by atoms with Crippen molar-refractivity contribution in [2.24, 2.45) is 0 Å². The van der Waals surface area contributed by atoms with Crippen molar-refractivity contribution in [1.82, 2.24) is 4.90 Å². The fraction of sp³-hybridized carbons (Fsp3) is 0.182. The van der Waals surface area contributed by atoms with E-state index in [0.29, 0.717) is 24.2 Å². The van der Waals surface area contributed by atoms with E-state index in [1.807, 2.05) is 68.6 Å². The molecule has 7 rings (SSSR count). The lowest BCUT2D eigenvalue weighted by Crippen LogP contribution is -2.41. The molecular formula is C44H42N4O3. The summed E-state index contributed by atoms with van der Waals surface area (Å²) < 4.78 is 5.50. The van der Waals surface area contributed by atoms with E-state index in [-0.39, 0.29) is 11.5 Å². The number of amides is 1. The molecule has 0 fully saturated rings. The summed E-state index contributed by atoms with van der Waals surface area (Å²) in [5, 5.41) is 0.921. The first kappa shape index (κ1) is 33.4. The monoisotopic (exact) mass is 674 g/mol. The molecule has 1 aliphatic heterocycles. The van der Waals surface area contributed by atoms with Gasteiger partial charge in [-0.1, -0.05) is 84.9 Å². The summed E-state index contributed by atoms with van der Waals surface area (Å²) in [7, 11) is 1.85. The number of likely N-dealkylation sites (N-methyl/N-ethyl adjacent to an activating group) is 2. The normalized spacial score (nSPS) is 13.1. The van der Waals surface area contributed by atoms with Crippen LogP contribution in [0.4, 0.5) is 17.1 Å². The highest BCUT2D eigenvalue weighted by Gasteiger charge is 2.30. The van der Waals surface area contributed by atoms with Gasteiger partial charge < -0.3 is 24.0 Å². The topological polar surface area (TPSA) is 60.2 Å². The molecule has 256 valence electrons. The highest BCUT2D eigenvalue weighted by atomic mass is 16.4. The van der Waals surface area contributed by atoms with E-state index in [0.717, 1.165) is 70.2 Å². The smallest absolute Gasteiger partial charge is 0.336 e. The summed E-state index contributed by atoms with van der Waals surface area (Å²) in [6, 6.07) is 47.1. The SMILES string of the molecule is CCN(CCN(C)C(=O)c1cccc(N2CCN(c3ccccc3)C(c3ccccc3)=C2c2ccccc2)c1)c1ccc2c(C)cc(=O)oc2c1. The molecule has 0 N–H and O–H groups in total. The Kier molecular flexibility index (Phi) is 9.70. The number of nitrogens with zero attached hydrogens (tertiary/aromatic N) is 4. The van der Waals surface area contributed by atoms with Crippen molar-refractivity contribution in [1.29, 1.82) is 0 Å². The number of hydrogen-bond donors (Lipinski definition) is 0. The maximum atomic E-state index is 14.0. The molecule has 0 spiro atoms. The van der Waals surface area contributed by atoms with Gasteiger partial charge in [0.05, 0.1) is 11.4 Å². The minimum atomic E-state index is -0.353. The molecule has 0 radical (unpaired) electrons. The number of anilines is 3. The maximum Gasteiger partial charge on any atom is 0.336 e. The van der Waals surface area contributed by atoms with Crippen LogP contribution < -0.4 is 20.3 Å². The zero-order valence-corrected chi connectivity index (χ0v) is 29.3. The lowest BCUT2D eigenvalue weighted by Gasteiger charge is -2.41. The van der Waals surface area contributed by atoms with Crippen LogP contribution in [0.1, 0.15) is 34.0 Å². The van der Waals surface area contributed by atoms with Crippen molar-refractivity contribution in [3.05, 3.63) is 172 Å². The lowest BCUT2D eigenvalue weighted by molar-refractivity contribution is 0.0798. The second kappa shape index (κ2) is 14.8. The molecule has 5 aromatic carbocycles. The molecule has 0 unspecified atom stereocenters. The molecule has 0 atom stereocenters. The predicted molar refractivity (Wildman–Crippen MR) is 209 cm³/mol. The van der Waals surface area contributed by atoms with E-state index in [9.17, 15) is 9.59 Å². The number of para-hydroxylation sites is 1. The Morgan fingerprint density at radius 2 is 1.27 bits per heavy atom. The van der Waals surface area contributed by atoms with Crippen molar-refractivity contribution in [2.75, 3.05) is 54.5 Å². The first-order valence-corrected chi connectivity index (χ1v) is 17.5. The number of aryl methyl sites for hydroxylation is 1. The van der Waals surface area contributed by atoms with Gasteiger partial charge in [0.2, 0.25) is 0 Å². The van der Waals surface area contributed by atoms with Crippen LogP contribution in [0.15, 0.2) is 149 Å². The van der Waals surface area contributed by atoms with E-state index in [1.54, 1.807) is 4.90 Å². The third-order valence-corrected chi connectivity index (χ3v) is 9.61. The molecule has 6 aromatic rings. The second-order valence-electron chi connectivity index (χ2n) is 12.9. The van der Waals surface area contributed by atoms with Crippen molar-refractivity contribution >= 4 is 45.3 Å². The van der Waals surface area contributed by atoms with Crippen molar-refractivity contribution in [2.45, 2.75) is 13.8 Å². The fourth-order valence-electron chi connectivity index (χ4n) is 6.96. The number of hydrogen-bond acceptors (Lipinski definition) is 6. The van der Waals surface area contributed by atoms with Gasteiger partial charge in [-0.2, -0.15) is 0 Å². The Bertz CT molecular complexity index is 2230. The zero-order chi connectivity index (χ0) is 35.3. The molecule has 0 aliphatic carbocycles.